The summed E-state index contributed by atoms with van der Waals surface area (Å²) in [5, 5.41) is 0. The number of carbonyl (C=O) groups is 1. The molecule has 0 saturated heterocycles. The van der Waals surface area contributed by atoms with E-state index in [0.717, 1.165) is 38.5 Å². The molecule has 4 aliphatic carbocycles. The first-order chi connectivity index (χ1) is 11.2. The van der Waals surface area contributed by atoms with E-state index >= 15 is 0 Å². The zero-order valence-corrected chi connectivity index (χ0v) is 15.1. The minimum atomic E-state index is -0.624. The van der Waals surface area contributed by atoms with E-state index in [2.05, 4.69) is 18.7 Å². The molecule has 4 saturated carbocycles. The van der Waals surface area contributed by atoms with Crippen LogP contribution in [0.1, 0.15) is 65.2 Å². The maximum Gasteiger partial charge on any atom is 0.337 e. The second-order valence-corrected chi connectivity index (χ2v) is 9.70. The molecule has 132 valence electrons. The molecule has 5 unspecified atom stereocenters. The molecule has 8 atom stereocenters. The number of nitrogens with two attached hydrogens (primary N) is 2. The topological polar surface area (TPSA) is 73.5 Å². The third-order valence-electron chi connectivity index (χ3n) is 8.93. The number of Topliss-reactive ketones (excluding diaryl/α,β-unsaturated/α-hetero) is 1. The van der Waals surface area contributed by atoms with Crippen molar-refractivity contribution in [3.05, 3.63) is 4.85 Å². The van der Waals surface area contributed by atoms with Crippen molar-refractivity contribution in [2.45, 2.75) is 76.9 Å². The van der Waals surface area contributed by atoms with E-state index in [9.17, 15) is 4.79 Å². The van der Waals surface area contributed by atoms with Gasteiger partial charge in [0, 0.05) is 25.3 Å². The largest absolute Gasteiger partial charge is 0.337 e. The minimum absolute atomic E-state index is 0.0873. The van der Waals surface area contributed by atoms with Crippen LogP contribution in [0.3, 0.4) is 0 Å². The lowest BCUT2D eigenvalue weighted by molar-refractivity contribution is -0.142. The van der Waals surface area contributed by atoms with Crippen molar-refractivity contribution in [2.24, 2.45) is 46.0 Å². The maximum atomic E-state index is 12.0. The van der Waals surface area contributed by atoms with Crippen LogP contribution in [0.2, 0.25) is 0 Å². The molecule has 0 spiro atoms. The molecule has 4 nitrogen and oxygen atoms in total. The van der Waals surface area contributed by atoms with Gasteiger partial charge in [0.1, 0.15) is 5.78 Å². The van der Waals surface area contributed by atoms with E-state index in [-0.39, 0.29) is 16.9 Å². The van der Waals surface area contributed by atoms with Crippen LogP contribution in [0.15, 0.2) is 0 Å². The minimum Gasteiger partial charge on any atom is -0.327 e. The number of carbonyl (C=O) groups excluding carboxylic acids is 1. The standard InChI is InChI=1S/C20H32N3O/c1-18-8-6-13(24)10-12(18)4-5-14-15-7-9-20(22,23-3)19(15,2)11-16(21)17(14)18/h3,12,14-17H,4-11,21-22H2,1-2H3/q+1/t12?,14?,15?,16?,17?,18-,19-,20+/m0/s1. The summed E-state index contributed by atoms with van der Waals surface area (Å²) in [5.41, 5.74) is 12.9. The predicted molar refractivity (Wildman–Crippen MR) is 95.3 cm³/mol. The summed E-state index contributed by atoms with van der Waals surface area (Å²) in [6.45, 7) is 10.4. The van der Waals surface area contributed by atoms with Crippen LogP contribution in [0.4, 0.5) is 0 Å². The number of fused-ring (bicyclic) bond motifs is 5. The summed E-state index contributed by atoms with van der Waals surface area (Å²) in [6.07, 6.45) is 7.78. The average Bonchev–Trinajstić information content (AvgIpc) is 2.79. The average molecular weight is 330 g/mol. The highest BCUT2D eigenvalue weighted by Gasteiger charge is 2.70. The zero-order valence-electron chi connectivity index (χ0n) is 15.1. The molecule has 4 N–H and O–H groups in total. The molecule has 0 aromatic rings. The summed E-state index contributed by atoms with van der Waals surface area (Å²) >= 11 is 0. The van der Waals surface area contributed by atoms with Crippen molar-refractivity contribution in [1.29, 1.82) is 0 Å². The number of hydrogen-bond donors (Lipinski definition) is 2. The molecule has 0 bridgehead atoms. The van der Waals surface area contributed by atoms with Crippen molar-refractivity contribution in [2.75, 3.05) is 0 Å². The SMILES string of the molecule is C#[N+][C@]1(N)CCC2C3CCC4CC(=O)CC[C@]4(C)C3C(N)C[C@@]21C. The molecular weight excluding hydrogens is 298 g/mol. The molecule has 0 radical (unpaired) electrons. The van der Waals surface area contributed by atoms with E-state index in [0.29, 0.717) is 29.5 Å². The summed E-state index contributed by atoms with van der Waals surface area (Å²) in [7, 11) is 0. The molecule has 4 fully saturated rings. The molecule has 24 heavy (non-hydrogen) atoms. The van der Waals surface area contributed by atoms with Gasteiger partial charge in [0.15, 0.2) is 0 Å². The maximum absolute atomic E-state index is 12.0. The Kier molecular flexibility index (Phi) is 3.48. The molecule has 0 aliphatic heterocycles. The van der Waals surface area contributed by atoms with E-state index in [1.165, 1.54) is 12.8 Å². The van der Waals surface area contributed by atoms with E-state index in [4.69, 9.17) is 18.0 Å². The number of nitrogens with zero attached hydrogens (tertiary/aromatic N) is 1. The Balaban J connectivity index is 1.71. The lowest BCUT2D eigenvalue weighted by Gasteiger charge is -2.61. The molecule has 4 aliphatic rings. The van der Waals surface area contributed by atoms with Crippen molar-refractivity contribution in [3.8, 4) is 6.57 Å². The molecule has 0 aromatic heterocycles. The summed E-state index contributed by atoms with van der Waals surface area (Å²) in [5.74, 6) is 2.67. The van der Waals surface area contributed by atoms with Crippen LogP contribution in [-0.4, -0.2) is 17.5 Å². The first kappa shape index (κ1) is 16.5. The van der Waals surface area contributed by atoms with Crippen molar-refractivity contribution < 1.29 is 4.79 Å². The molecule has 4 rings (SSSR count). The Labute approximate surface area is 145 Å². The van der Waals surface area contributed by atoms with Gasteiger partial charge in [-0.1, -0.05) is 11.8 Å². The van der Waals surface area contributed by atoms with Crippen LogP contribution in [-0.2, 0) is 4.79 Å². The fraction of sp³-hybridized carbons (Fsp3) is 0.900. The fourth-order valence-electron chi connectivity index (χ4n) is 7.56. The molecule has 0 amide bonds. The van der Waals surface area contributed by atoms with Crippen LogP contribution in [0.25, 0.3) is 4.85 Å². The highest BCUT2D eigenvalue weighted by molar-refractivity contribution is 5.79. The van der Waals surface area contributed by atoms with Gasteiger partial charge >= 0.3 is 5.66 Å². The van der Waals surface area contributed by atoms with Gasteiger partial charge in [0.2, 0.25) is 0 Å². The molecule has 0 heterocycles. The Morgan fingerprint density at radius 2 is 1.96 bits per heavy atom. The van der Waals surface area contributed by atoms with Gasteiger partial charge in [0.05, 0.1) is 5.41 Å². The van der Waals surface area contributed by atoms with Gasteiger partial charge in [-0.05, 0) is 68.1 Å². The quantitative estimate of drug-likeness (QED) is 0.716. The van der Waals surface area contributed by atoms with Gasteiger partial charge in [0.25, 0.3) is 6.57 Å². The summed E-state index contributed by atoms with van der Waals surface area (Å²) in [6, 6.07) is 0.139. The highest BCUT2D eigenvalue weighted by atomic mass is 16.1. The van der Waals surface area contributed by atoms with E-state index in [1.54, 1.807) is 0 Å². The summed E-state index contributed by atoms with van der Waals surface area (Å²) in [4.78, 5) is 16.1. The Hall–Kier alpha value is -0.920. The fourth-order valence-corrected chi connectivity index (χ4v) is 7.56. The zero-order chi connectivity index (χ0) is 17.3. The summed E-state index contributed by atoms with van der Waals surface area (Å²) < 4.78 is 0. The van der Waals surface area contributed by atoms with Crippen LogP contribution < -0.4 is 11.5 Å². The van der Waals surface area contributed by atoms with Gasteiger partial charge < -0.3 is 5.73 Å². The van der Waals surface area contributed by atoms with Crippen molar-refractivity contribution in [3.63, 3.8) is 0 Å². The van der Waals surface area contributed by atoms with Crippen LogP contribution in [0.5, 0.6) is 0 Å². The van der Waals surface area contributed by atoms with E-state index < -0.39 is 5.66 Å². The van der Waals surface area contributed by atoms with Crippen LogP contribution >= 0.6 is 0 Å². The number of rotatable bonds is 0. The molecule has 4 heteroatoms. The number of hydrogen-bond acceptors (Lipinski definition) is 3. The third kappa shape index (κ3) is 1.89. The Morgan fingerprint density at radius 1 is 1.21 bits per heavy atom. The Bertz CT molecular complexity index is 612. The Morgan fingerprint density at radius 3 is 2.67 bits per heavy atom. The highest BCUT2D eigenvalue weighted by Crippen LogP contribution is 2.67. The van der Waals surface area contributed by atoms with Crippen molar-refractivity contribution in [1.82, 2.24) is 0 Å². The normalized spacial score (nSPS) is 56.8. The number of ketones is 1. The second kappa shape index (κ2) is 5.05. The lowest BCUT2D eigenvalue weighted by atomic mass is 9.43. The second-order valence-electron chi connectivity index (χ2n) is 9.70. The van der Waals surface area contributed by atoms with Gasteiger partial charge in [-0.15, -0.1) is 0 Å². The van der Waals surface area contributed by atoms with Crippen molar-refractivity contribution >= 4 is 5.78 Å². The first-order valence-corrected chi connectivity index (χ1v) is 9.73. The van der Waals surface area contributed by atoms with Gasteiger partial charge in [-0.25, -0.2) is 0 Å². The van der Waals surface area contributed by atoms with Crippen LogP contribution in [0, 0.1) is 41.1 Å². The van der Waals surface area contributed by atoms with E-state index in [1.807, 2.05) is 0 Å². The smallest absolute Gasteiger partial charge is 0.327 e. The predicted octanol–water partition coefficient (Wildman–Crippen LogP) is 3.15. The molecule has 0 aromatic carbocycles. The monoisotopic (exact) mass is 330 g/mol. The lowest BCUT2D eigenvalue weighted by Crippen LogP contribution is -2.64. The molecular formula is C20H32N3O+. The van der Waals surface area contributed by atoms with Gasteiger partial charge in [-0.3, -0.25) is 10.5 Å². The first-order valence-electron chi connectivity index (χ1n) is 9.73. The third-order valence-corrected chi connectivity index (χ3v) is 8.93. The van der Waals surface area contributed by atoms with Gasteiger partial charge in [-0.2, -0.15) is 0 Å².